The second-order valence-corrected chi connectivity index (χ2v) is 10.4. The molecule has 12 heteroatoms. The normalized spacial score (nSPS) is 14.7. The van der Waals surface area contributed by atoms with Crippen LogP contribution in [0, 0.1) is 10.1 Å². The zero-order valence-electron chi connectivity index (χ0n) is 18.7. The van der Waals surface area contributed by atoms with Gasteiger partial charge in [0.05, 0.1) is 29.7 Å². The molecule has 10 nitrogen and oxygen atoms in total. The van der Waals surface area contributed by atoms with Crippen LogP contribution in [0.15, 0.2) is 52.7 Å². The van der Waals surface area contributed by atoms with Gasteiger partial charge in [0.1, 0.15) is 0 Å². The van der Waals surface area contributed by atoms with Gasteiger partial charge in [-0.15, -0.1) is 11.3 Å². The van der Waals surface area contributed by atoms with Crippen molar-refractivity contribution < 1.29 is 22.8 Å². The Bertz CT molecular complexity index is 1270. The van der Waals surface area contributed by atoms with Crippen LogP contribution in [0.3, 0.4) is 0 Å². The number of nitro groups is 1. The van der Waals surface area contributed by atoms with Crippen molar-refractivity contribution in [2.24, 2.45) is 0 Å². The summed E-state index contributed by atoms with van der Waals surface area (Å²) in [5, 5.41) is 13.7. The quantitative estimate of drug-likeness (QED) is 0.339. The number of hydrogen-bond acceptors (Lipinski definition) is 9. The summed E-state index contributed by atoms with van der Waals surface area (Å²) in [6.45, 7) is 1.64. The minimum atomic E-state index is -3.71. The van der Waals surface area contributed by atoms with Crippen LogP contribution in [-0.2, 0) is 16.4 Å². The average molecular weight is 505 g/mol. The molecule has 2 aromatic carbocycles. The lowest BCUT2D eigenvalue weighted by atomic mass is 10.1. The number of benzene rings is 2. The van der Waals surface area contributed by atoms with Gasteiger partial charge in [0.15, 0.2) is 16.6 Å². The van der Waals surface area contributed by atoms with Gasteiger partial charge in [-0.05, 0) is 29.8 Å². The molecule has 1 aromatic heterocycles. The lowest BCUT2D eigenvalue weighted by molar-refractivity contribution is -0.384. The lowest BCUT2D eigenvalue weighted by Gasteiger charge is -2.33. The molecular weight excluding hydrogens is 480 g/mol. The number of anilines is 1. The highest BCUT2D eigenvalue weighted by Gasteiger charge is 2.29. The second-order valence-electron chi connectivity index (χ2n) is 7.63. The Kier molecular flexibility index (Phi) is 7.00. The van der Waals surface area contributed by atoms with E-state index in [4.69, 9.17) is 14.5 Å². The van der Waals surface area contributed by atoms with E-state index in [0.29, 0.717) is 44.1 Å². The third-order valence-electron chi connectivity index (χ3n) is 5.57. The molecule has 0 N–H and O–H groups in total. The molecule has 0 bridgehead atoms. The predicted octanol–water partition coefficient (Wildman–Crippen LogP) is 3.17. The molecule has 0 aliphatic carbocycles. The van der Waals surface area contributed by atoms with Gasteiger partial charge in [-0.25, -0.2) is 13.4 Å². The zero-order valence-corrected chi connectivity index (χ0v) is 20.3. The Hall–Kier alpha value is -3.22. The molecule has 0 spiro atoms. The Balaban J connectivity index is 1.39. The second kappa shape index (κ2) is 9.95. The van der Waals surface area contributed by atoms with Crippen LogP contribution >= 0.6 is 11.3 Å². The van der Waals surface area contributed by atoms with Crippen LogP contribution < -0.4 is 14.4 Å². The SMILES string of the molecule is COc1ccc(Cc2csc(N3CCN(S(=O)(=O)c4ccc([N+](=O)[O-])cc4)CC3)n2)cc1OC. The van der Waals surface area contributed by atoms with Crippen molar-refractivity contribution in [1.82, 2.24) is 9.29 Å². The zero-order chi connectivity index (χ0) is 24.3. The van der Waals surface area contributed by atoms with Gasteiger partial charge in [0.2, 0.25) is 10.0 Å². The molecule has 0 atom stereocenters. The van der Waals surface area contributed by atoms with Gasteiger partial charge in [0, 0.05) is 50.1 Å². The smallest absolute Gasteiger partial charge is 0.269 e. The maximum absolute atomic E-state index is 12.9. The third kappa shape index (κ3) is 4.98. The summed E-state index contributed by atoms with van der Waals surface area (Å²) in [6.07, 6.45) is 0.644. The number of rotatable bonds is 8. The number of thiazole rings is 1. The van der Waals surface area contributed by atoms with E-state index in [-0.39, 0.29) is 10.6 Å². The van der Waals surface area contributed by atoms with E-state index in [1.54, 1.807) is 14.2 Å². The van der Waals surface area contributed by atoms with Crippen LogP contribution in [0.2, 0.25) is 0 Å². The Labute approximate surface area is 201 Å². The van der Waals surface area contributed by atoms with Gasteiger partial charge in [-0.3, -0.25) is 10.1 Å². The number of nitrogens with zero attached hydrogens (tertiary/aromatic N) is 4. The number of nitro benzene ring substituents is 1. The molecule has 34 heavy (non-hydrogen) atoms. The van der Waals surface area contributed by atoms with E-state index in [9.17, 15) is 18.5 Å². The molecule has 2 heterocycles. The summed E-state index contributed by atoms with van der Waals surface area (Å²) in [5.41, 5.74) is 1.83. The molecule has 1 aliphatic rings. The van der Waals surface area contributed by atoms with Crippen molar-refractivity contribution in [2.45, 2.75) is 11.3 Å². The number of aromatic nitrogens is 1. The summed E-state index contributed by atoms with van der Waals surface area (Å²) >= 11 is 1.53. The molecule has 0 radical (unpaired) electrons. The van der Waals surface area contributed by atoms with Crippen molar-refractivity contribution in [2.75, 3.05) is 45.3 Å². The molecule has 0 saturated carbocycles. The number of methoxy groups -OCH3 is 2. The van der Waals surface area contributed by atoms with Crippen molar-refractivity contribution in [3.63, 3.8) is 0 Å². The Morgan fingerprint density at radius 1 is 1.03 bits per heavy atom. The van der Waals surface area contributed by atoms with Crippen molar-refractivity contribution in [3.8, 4) is 11.5 Å². The van der Waals surface area contributed by atoms with Crippen LogP contribution in [0.25, 0.3) is 0 Å². The Morgan fingerprint density at radius 3 is 2.32 bits per heavy atom. The summed E-state index contributed by atoms with van der Waals surface area (Å²) < 4.78 is 37.9. The van der Waals surface area contributed by atoms with E-state index >= 15 is 0 Å². The number of ether oxygens (including phenoxy) is 2. The highest BCUT2D eigenvalue weighted by Crippen LogP contribution is 2.30. The fraction of sp³-hybridized carbons (Fsp3) is 0.318. The van der Waals surface area contributed by atoms with Crippen LogP contribution in [0.5, 0.6) is 11.5 Å². The highest BCUT2D eigenvalue weighted by atomic mass is 32.2. The fourth-order valence-corrected chi connectivity index (χ4v) is 6.03. The summed E-state index contributed by atoms with van der Waals surface area (Å²) in [6, 6.07) is 10.7. The van der Waals surface area contributed by atoms with Gasteiger partial charge in [-0.2, -0.15) is 4.31 Å². The average Bonchev–Trinajstić information content (AvgIpc) is 3.32. The Morgan fingerprint density at radius 2 is 1.71 bits per heavy atom. The lowest BCUT2D eigenvalue weighted by Crippen LogP contribution is -2.48. The number of non-ortho nitro benzene ring substituents is 1. The molecule has 4 rings (SSSR count). The maximum atomic E-state index is 12.9. The largest absolute Gasteiger partial charge is 0.493 e. The standard InChI is InChI=1S/C22H24N4O6S2/c1-31-20-8-3-16(14-21(20)32-2)13-17-15-33-22(23-17)24-9-11-25(12-10-24)34(29,30)19-6-4-18(5-7-19)26(27)28/h3-8,14-15H,9-13H2,1-2H3. The molecule has 0 unspecified atom stereocenters. The van der Waals surface area contributed by atoms with Crippen molar-refractivity contribution in [3.05, 3.63) is 69.2 Å². The van der Waals surface area contributed by atoms with Crippen molar-refractivity contribution in [1.29, 1.82) is 0 Å². The highest BCUT2D eigenvalue weighted by molar-refractivity contribution is 7.89. The molecule has 0 amide bonds. The molecule has 1 fully saturated rings. The minimum absolute atomic E-state index is 0.0537. The summed E-state index contributed by atoms with van der Waals surface area (Å²) in [5.74, 6) is 1.34. The van der Waals surface area contributed by atoms with E-state index in [1.165, 1.54) is 39.9 Å². The number of hydrogen-bond donors (Lipinski definition) is 0. The van der Waals surface area contributed by atoms with Crippen molar-refractivity contribution >= 4 is 32.2 Å². The van der Waals surface area contributed by atoms with Crippen LogP contribution in [0.4, 0.5) is 10.8 Å². The maximum Gasteiger partial charge on any atom is 0.269 e. The van der Waals surface area contributed by atoms with E-state index in [0.717, 1.165) is 16.4 Å². The molecule has 1 saturated heterocycles. The first-order valence-corrected chi connectivity index (χ1v) is 12.8. The first-order chi connectivity index (χ1) is 16.3. The predicted molar refractivity (Wildman–Crippen MR) is 129 cm³/mol. The summed E-state index contributed by atoms with van der Waals surface area (Å²) in [7, 11) is -0.513. The first-order valence-electron chi connectivity index (χ1n) is 10.5. The topological polar surface area (TPSA) is 115 Å². The van der Waals surface area contributed by atoms with E-state index in [1.807, 2.05) is 23.6 Å². The minimum Gasteiger partial charge on any atom is -0.493 e. The first kappa shape index (κ1) is 23.9. The summed E-state index contributed by atoms with van der Waals surface area (Å²) in [4.78, 5) is 17.1. The van der Waals surface area contributed by atoms with Crippen LogP contribution in [-0.4, -0.2) is 63.0 Å². The van der Waals surface area contributed by atoms with Gasteiger partial charge < -0.3 is 14.4 Å². The monoisotopic (exact) mass is 504 g/mol. The molecule has 180 valence electrons. The van der Waals surface area contributed by atoms with Crippen LogP contribution in [0.1, 0.15) is 11.3 Å². The third-order valence-corrected chi connectivity index (χ3v) is 8.43. The van der Waals surface area contributed by atoms with Gasteiger partial charge >= 0.3 is 0 Å². The van der Waals surface area contributed by atoms with Gasteiger partial charge in [0.25, 0.3) is 5.69 Å². The molecular formula is C22H24N4O6S2. The number of sulfonamides is 1. The van der Waals surface area contributed by atoms with E-state index < -0.39 is 14.9 Å². The van der Waals surface area contributed by atoms with Gasteiger partial charge in [-0.1, -0.05) is 6.07 Å². The molecule has 1 aliphatic heterocycles. The molecule has 3 aromatic rings. The number of piperazine rings is 1. The fourth-order valence-electron chi connectivity index (χ4n) is 3.73. The van der Waals surface area contributed by atoms with E-state index in [2.05, 4.69) is 4.90 Å².